The van der Waals surface area contributed by atoms with E-state index in [4.69, 9.17) is 11.6 Å². The molecule has 1 unspecified atom stereocenters. The quantitative estimate of drug-likeness (QED) is 0.460. The van der Waals surface area contributed by atoms with Gasteiger partial charge in [0.1, 0.15) is 6.54 Å². The van der Waals surface area contributed by atoms with Gasteiger partial charge in [-0.25, -0.2) is 16.8 Å². The molecule has 0 aliphatic carbocycles. The summed E-state index contributed by atoms with van der Waals surface area (Å²) in [6.07, 6.45) is 1.12. The molecular formula is C25H27ClN2O5S2. The van der Waals surface area contributed by atoms with Gasteiger partial charge in [0, 0.05) is 11.3 Å². The zero-order valence-electron chi connectivity index (χ0n) is 19.8. The fourth-order valence-electron chi connectivity index (χ4n) is 3.43. The Balaban J connectivity index is 1.89. The fourth-order valence-corrected chi connectivity index (χ4v) is 5.60. The van der Waals surface area contributed by atoms with E-state index >= 15 is 0 Å². The van der Waals surface area contributed by atoms with Crippen LogP contribution in [0.2, 0.25) is 5.02 Å². The van der Waals surface area contributed by atoms with E-state index < -0.39 is 38.4 Å². The van der Waals surface area contributed by atoms with Crippen molar-refractivity contribution in [1.82, 2.24) is 5.32 Å². The van der Waals surface area contributed by atoms with Crippen molar-refractivity contribution in [3.05, 3.63) is 88.4 Å². The molecule has 10 heteroatoms. The Labute approximate surface area is 211 Å². The zero-order chi connectivity index (χ0) is 26.0. The summed E-state index contributed by atoms with van der Waals surface area (Å²) in [7, 11) is -7.41. The van der Waals surface area contributed by atoms with Crippen molar-refractivity contribution in [2.75, 3.05) is 17.1 Å². The number of hydrogen-bond acceptors (Lipinski definition) is 5. The molecule has 1 amide bonds. The van der Waals surface area contributed by atoms with Gasteiger partial charge in [-0.15, -0.1) is 0 Å². The van der Waals surface area contributed by atoms with Gasteiger partial charge in [0.25, 0.3) is 10.0 Å². The van der Waals surface area contributed by atoms with Gasteiger partial charge < -0.3 is 5.32 Å². The van der Waals surface area contributed by atoms with Crippen molar-refractivity contribution in [1.29, 1.82) is 0 Å². The van der Waals surface area contributed by atoms with Crippen LogP contribution in [0.4, 0.5) is 5.69 Å². The highest BCUT2D eigenvalue weighted by Crippen LogP contribution is 2.27. The highest BCUT2D eigenvalue weighted by atomic mass is 35.5. The number of sulfonamides is 1. The average Bonchev–Trinajstić information content (AvgIpc) is 2.79. The number of nitrogens with zero attached hydrogens (tertiary/aromatic N) is 1. The third-order valence-electron chi connectivity index (χ3n) is 5.65. The lowest BCUT2D eigenvalue weighted by Gasteiger charge is -2.26. The van der Waals surface area contributed by atoms with Crippen LogP contribution in [0.25, 0.3) is 0 Å². The Morgan fingerprint density at radius 1 is 0.886 bits per heavy atom. The van der Waals surface area contributed by atoms with Gasteiger partial charge in [-0.05, 0) is 86.0 Å². The number of anilines is 1. The summed E-state index contributed by atoms with van der Waals surface area (Å²) in [4.78, 5) is 13.2. The summed E-state index contributed by atoms with van der Waals surface area (Å²) < 4.78 is 51.5. The van der Waals surface area contributed by atoms with Crippen molar-refractivity contribution in [3.63, 3.8) is 0 Å². The Kier molecular flexibility index (Phi) is 7.93. The molecule has 0 saturated carbocycles. The normalized spacial score (nSPS) is 12.7. The van der Waals surface area contributed by atoms with Crippen LogP contribution in [-0.2, 0) is 24.7 Å². The maximum Gasteiger partial charge on any atom is 0.264 e. The van der Waals surface area contributed by atoms with E-state index in [0.717, 1.165) is 21.7 Å². The zero-order valence-corrected chi connectivity index (χ0v) is 22.2. The van der Waals surface area contributed by atoms with Crippen LogP contribution in [-0.4, -0.2) is 35.5 Å². The smallest absolute Gasteiger partial charge is 0.264 e. The maximum atomic E-state index is 13.5. The molecular weight excluding hydrogens is 508 g/mol. The molecule has 1 atom stereocenters. The van der Waals surface area contributed by atoms with E-state index in [9.17, 15) is 21.6 Å². The first-order valence-corrected chi connectivity index (χ1v) is 14.4. The van der Waals surface area contributed by atoms with Crippen molar-refractivity contribution in [2.24, 2.45) is 0 Å². The minimum absolute atomic E-state index is 0.0114. The van der Waals surface area contributed by atoms with Crippen LogP contribution in [0, 0.1) is 13.8 Å². The third kappa shape index (κ3) is 6.42. The SMILES string of the molecule is Cc1ccc(N(CC(=O)NC(C)c2ccc(S(C)(=O)=O)cc2)S(=O)(=O)c2ccc(Cl)cc2)cc1C. The number of halogens is 1. The monoisotopic (exact) mass is 534 g/mol. The topological polar surface area (TPSA) is 101 Å². The second-order valence-electron chi connectivity index (χ2n) is 8.36. The van der Waals surface area contributed by atoms with Gasteiger partial charge in [0.2, 0.25) is 5.91 Å². The van der Waals surface area contributed by atoms with Crippen LogP contribution in [0.1, 0.15) is 29.7 Å². The van der Waals surface area contributed by atoms with Gasteiger partial charge in [-0.2, -0.15) is 0 Å². The van der Waals surface area contributed by atoms with Crippen molar-refractivity contribution >= 4 is 43.1 Å². The molecule has 3 aromatic carbocycles. The van der Waals surface area contributed by atoms with E-state index in [1.54, 1.807) is 37.3 Å². The molecule has 0 fully saturated rings. The molecule has 35 heavy (non-hydrogen) atoms. The molecule has 0 aliphatic heterocycles. The molecule has 1 N–H and O–H groups in total. The molecule has 0 radical (unpaired) electrons. The van der Waals surface area contributed by atoms with Gasteiger partial charge in [0.05, 0.1) is 21.5 Å². The van der Waals surface area contributed by atoms with E-state index in [0.29, 0.717) is 16.3 Å². The Morgan fingerprint density at radius 3 is 2.00 bits per heavy atom. The first kappa shape index (κ1) is 26.7. The van der Waals surface area contributed by atoms with Gasteiger partial charge >= 0.3 is 0 Å². The summed E-state index contributed by atoms with van der Waals surface area (Å²) in [6.45, 7) is 5.08. The van der Waals surface area contributed by atoms with E-state index in [1.807, 2.05) is 13.8 Å². The third-order valence-corrected chi connectivity index (χ3v) is 8.82. The predicted molar refractivity (Wildman–Crippen MR) is 138 cm³/mol. The number of aryl methyl sites for hydroxylation is 2. The lowest BCUT2D eigenvalue weighted by atomic mass is 10.1. The number of nitrogens with one attached hydrogen (secondary N) is 1. The fraction of sp³-hybridized carbons (Fsp3) is 0.240. The highest BCUT2D eigenvalue weighted by Gasteiger charge is 2.28. The Morgan fingerprint density at radius 2 is 1.46 bits per heavy atom. The molecule has 0 aliphatic rings. The van der Waals surface area contributed by atoms with Gasteiger partial charge in [0.15, 0.2) is 9.84 Å². The minimum Gasteiger partial charge on any atom is -0.348 e. The van der Waals surface area contributed by atoms with Crippen molar-refractivity contribution in [2.45, 2.75) is 36.6 Å². The number of carbonyl (C=O) groups excluding carboxylic acids is 1. The molecule has 0 spiro atoms. The number of hydrogen-bond donors (Lipinski definition) is 1. The minimum atomic E-state index is -4.07. The molecule has 0 bridgehead atoms. The largest absolute Gasteiger partial charge is 0.348 e. The second kappa shape index (κ2) is 10.4. The van der Waals surface area contributed by atoms with Crippen LogP contribution in [0.5, 0.6) is 0 Å². The molecule has 0 saturated heterocycles. The summed E-state index contributed by atoms with van der Waals surface area (Å²) in [5, 5.41) is 3.20. The van der Waals surface area contributed by atoms with Crippen LogP contribution < -0.4 is 9.62 Å². The van der Waals surface area contributed by atoms with Crippen molar-refractivity contribution < 1.29 is 21.6 Å². The van der Waals surface area contributed by atoms with Gasteiger partial charge in [-0.3, -0.25) is 9.10 Å². The molecule has 3 aromatic rings. The molecule has 3 rings (SSSR count). The Hall–Kier alpha value is -2.88. The summed E-state index contributed by atoms with van der Waals surface area (Å²) in [5.41, 5.74) is 2.93. The van der Waals surface area contributed by atoms with E-state index in [2.05, 4.69) is 5.32 Å². The standard InChI is InChI=1S/C25H27ClN2O5S2/c1-17-5-10-22(15-18(17)2)28(35(32,33)24-13-8-21(26)9-14-24)16-25(29)27-19(3)20-6-11-23(12-7-20)34(4,30)31/h5-15,19H,16H2,1-4H3,(H,27,29). The van der Waals surface area contributed by atoms with E-state index in [-0.39, 0.29) is 9.79 Å². The maximum absolute atomic E-state index is 13.5. The first-order chi connectivity index (χ1) is 16.3. The van der Waals surface area contributed by atoms with Crippen molar-refractivity contribution in [3.8, 4) is 0 Å². The molecule has 186 valence electrons. The first-order valence-electron chi connectivity index (χ1n) is 10.7. The molecule has 0 aromatic heterocycles. The number of amides is 1. The van der Waals surface area contributed by atoms with E-state index in [1.165, 1.54) is 36.4 Å². The molecule has 0 heterocycles. The predicted octanol–water partition coefficient (Wildman–Crippen LogP) is 4.43. The summed E-state index contributed by atoms with van der Waals surface area (Å²) >= 11 is 5.93. The lowest BCUT2D eigenvalue weighted by Crippen LogP contribution is -2.41. The molecule has 7 nitrogen and oxygen atoms in total. The van der Waals surface area contributed by atoms with Crippen LogP contribution >= 0.6 is 11.6 Å². The number of sulfone groups is 1. The number of rotatable bonds is 8. The van der Waals surface area contributed by atoms with Gasteiger partial charge in [-0.1, -0.05) is 29.8 Å². The second-order valence-corrected chi connectivity index (χ2v) is 12.7. The van der Waals surface area contributed by atoms with Crippen LogP contribution in [0.15, 0.2) is 76.5 Å². The average molecular weight is 535 g/mol. The summed E-state index contributed by atoms with van der Waals surface area (Å²) in [5.74, 6) is -0.513. The lowest BCUT2D eigenvalue weighted by molar-refractivity contribution is -0.120. The Bertz CT molecular complexity index is 1440. The summed E-state index contributed by atoms with van der Waals surface area (Å²) in [6, 6.07) is 16.7. The van der Waals surface area contributed by atoms with Crippen LogP contribution in [0.3, 0.4) is 0 Å². The highest BCUT2D eigenvalue weighted by molar-refractivity contribution is 7.93. The number of carbonyl (C=O) groups is 1. The number of benzene rings is 3.